The zero-order valence-electron chi connectivity index (χ0n) is 10.3. The van der Waals surface area contributed by atoms with E-state index in [-0.39, 0.29) is 0 Å². The summed E-state index contributed by atoms with van der Waals surface area (Å²) in [5.41, 5.74) is 2.09. The second kappa shape index (κ2) is 5.64. The molecule has 2 aromatic rings. The molecule has 3 nitrogen and oxygen atoms in total. The third-order valence-corrected chi connectivity index (χ3v) is 2.85. The van der Waals surface area contributed by atoms with Gasteiger partial charge in [0.05, 0.1) is 5.69 Å². The molecule has 0 saturated heterocycles. The maximum Gasteiger partial charge on any atom is 0.137 e. The van der Waals surface area contributed by atoms with Gasteiger partial charge in [-0.2, -0.15) is 0 Å². The SMILES string of the molecule is C=CCCC(C)NCc1cn2ccccc2n1. The lowest BCUT2D eigenvalue weighted by molar-refractivity contribution is 0.514. The Bertz CT molecular complexity index is 454. The van der Waals surface area contributed by atoms with Crippen LogP contribution < -0.4 is 5.32 Å². The molecule has 0 aromatic carbocycles. The lowest BCUT2D eigenvalue weighted by Crippen LogP contribution is -2.25. The number of nitrogens with one attached hydrogen (secondary N) is 1. The van der Waals surface area contributed by atoms with Gasteiger partial charge in [0, 0.05) is 25.0 Å². The Morgan fingerprint density at radius 1 is 1.53 bits per heavy atom. The van der Waals surface area contributed by atoms with Crippen LogP contribution in [0.4, 0.5) is 0 Å². The van der Waals surface area contributed by atoms with E-state index in [9.17, 15) is 0 Å². The van der Waals surface area contributed by atoms with Crippen molar-refractivity contribution in [2.45, 2.75) is 32.4 Å². The number of nitrogens with zero attached hydrogens (tertiary/aromatic N) is 2. The van der Waals surface area contributed by atoms with Gasteiger partial charge >= 0.3 is 0 Å². The molecule has 0 bridgehead atoms. The molecule has 0 aliphatic rings. The molecule has 3 heteroatoms. The van der Waals surface area contributed by atoms with Crippen LogP contribution in [-0.2, 0) is 6.54 Å². The molecule has 0 radical (unpaired) electrons. The highest BCUT2D eigenvalue weighted by Gasteiger charge is 2.03. The summed E-state index contributed by atoms with van der Waals surface area (Å²) < 4.78 is 2.05. The molecular weight excluding hydrogens is 210 g/mol. The Balaban J connectivity index is 1.92. The lowest BCUT2D eigenvalue weighted by Gasteiger charge is -2.10. The standard InChI is InChI=1S/C14H19N3/c1-3-4-7-12(2)15-10-13-11-17-9-6-5-8-14(17)16-13/h3,5-6,8-9,11-12,15H,1,4,7,10H2,2H3. The molecule has 0 aliphatic carbocycles. The summed E-state index contributed by atoms with van der Waals surface area (Å²) in [5, 5.41) is 3.47. The third-order valence-electron chi connectivity index (χ3n) is 2.85. The monoisotopic (exact) mass is 229 g/mol. The van der Waals surface area contributed by atoms with E-state index in [0.29, 0.717) is 6.04 Å². The predicted octanol–water partition coefficient (Wildman–Crippen LogP) is 2.78. The Hall–Kier alpha value is -1.61. The highest BCUT2D eigenvalue weighted by atomic mass is 15.0. The zero-order chi connectivity index (χ0) is 12.1. The van der Waals surface area contributed by atoms with Gasteiger partial charge in [-0.1, -0.05) is 12.1 Å². The summed E-state index contributed by atoms with van der Waals surface area (Å²) in [5.74, 6) is 0. The van der Waals surface area contributed by atoms with Crippen molar-refractivity contribution in [2.24, 2.45) is 0 Å². The molecule has 17 heavy (non-hydrogen) atoms. The van der Waals surface area contributed by atoms with Gasteiger partial charge in [0.1, 0.15) is 5.65 Å². The van der Waals surface area contributed by atoms with Gasteiger partial charge in [0.2, 0.25) is 0 Å². The lowest BCUT2D eigenvalue weighted by atomic mass is 10.2. The van der Waals surface area contributed by atoms with Gasteiger partial charge in [0.25, 0.3) is 0 Å². The molecule has 0 aliphatic heterocycles. The molecule has 1 N–H and O–H groups in total. The van der Waals surface area contributed by atoms with Crippen molar-refractivity contribution in [2.75, 3.05) is 0 Å². The van der Waals surface area contributed by atoms with E-state index < -0.39 is 0 Å². The number of imidazole rings is 1. The first-order chi connectivity index (χ1) is 8.29. The minimum atomic E-state index is 0.498. The Kier molecular flexibility index (Phi) is 3.94. The van der Waals surface area contributed by atoms with E-state index >= 15 is 0 Å². The largest absolute Gasteiger partial charge is 0.309 e. The molecule has 2 heterocycles. The van der Waals surface area contributed by atoms with Gasteiger partial charge in [-0.25, -0.2) is 4.98 Å². The van der Waals surface area contributed by atoms with Crippen LogP contribution in [0.2, 0.25) is 0 Å². The van der Waals surface area contributed by atoms with Gasteiger partial charge in [0.15, 0.2) is 0 Å². The van der Waals surface area contributed by atoms with Gasteiger partial charge in [-0.05, 0) is 31.9 Å². The molecule has 2 aromatic heterocycles. The van der Waals surface area contributed by atoms with Crippen LogP contribution >= 0.6 is 0 Å². The Morgan fingerprint density at radius 2 is 2.41 bits per heavy atom. The van der Waals surface area contributed by atoms with E-state index in [1.807, 2.05) is 34.9 Å². The fourth-order valence-electron chi connectivity index (χ4n) is 1.82. The van der Waals surface area contributed by atoms with Gasteiger partial charge in [-0.15, -0.1) is 6.58 Å². The van der Waals surface area contributed by atoms with Crippen molar-refractivity contribution >= 4 is 5.65 Å². The second-order valence-electron chi connectivity index (χ2n) is 4.35. The highest BCUT2D eigenvalue weighted by Crippen LogP contribution is 2.05. The molecule has 0 spiro atoms. The average Bonchev–Trinajstić information content (AvgIpc) is 2.76. The minimum Gasteiger partial charge on any atom is -0.309 e. The molecule has 1 atom stereocenters. The van der Waals surface area contributed by atoms with Gasteiger partial charge in [-0.3, -0.25) is 0 Å². The number of allylic oxidation sites excluding steroid dienone is 1. The number of fused-ring (bicyclic) bond motifs is 1. The van der Waals surface area contributed by atoms with Crippen molar-refractivity contribution in [3.05, 3.63) is 48.9 Å². The van der Waals surface area contributed by atoms with Crippen molar-refractivity contribution < 1.29 is 0 Å². The number of hydrogen-bond donors (Lipinski definition) is 1. The minimum absolute atomic E-state index is 0.498. The van der Waals surface area contributed by atoms with Crippen LogP contribution in [0, 0.1) is 0 Å². The van der Waals surface area contributed by atoms with Crippen molar-refractivity contribution in [3.8, 4) is 0 Å². The van der Waals surface area contributed by atoms with Crippen molar-refractivity contribution in [1.29, 1.82) is 0 Å². The second-order valence-corrected chi connectivity index (χ2v) is 4.35. The normalized spacial score (nSPS) is 12.8. The summed E-state index contributed by atoms with van der Waals surface area (Å²) in [7, 11) is 0. The van der Waals surface area contributed by atoms with E-state index in [1.54, 1.807) is 0 Å². The Morgan fingerprint density at radius 3 is 3.18 bits per heavy atom. The van der Waals surface area contributed by atoms with Crippen LogP contribution in [0.1, 0.15) is 25.5 Å². The Labute approximate surface area is 102 Å². The van der Waals surface area contributed by atoms with Crippen LogP contribution in [0.25, 0.3) is 5.65 Å². The van der Waals surface area contributed by atoms with Gasteiger partial charge < -0.3 is 9.72 Å². The van der Waals surface area contributed by atoms with Crippen LogP contribution in [0.5, 0.6) is 0 Å². The number of pyridine rings is 1. The fourth-order valence-corrected chi connectivity index (χ4v) is 1.82. The average molecular weight is 229 g/mol. The fraction of sp³-hybridized carbons (Fsp3) is 0.357. The predicted molar refractivity (Wildman–Crippen MR) is 70.9 cm³/mol. The summed E-state index contributed by atoms with van der Waals surface area (Å²) in [4.78, 5) is 4.55. The summed E-state index contributed by atoms with van der Waals surface area (Å²) in [6.45, 7) is 6.75. The summed E-state index contributed by atoms with van der Waals surface area (Å²) in [6.07, 6.45) is 8.23. The third kappa shape index (κ3) is 3.17. The van der Waals surface area contributed by atoms with E-state index in [1.165, 1.54) is 0 Å². The number of aromatic nitrogens is 2. The number of rotatable bonds is 6. The molecule has 0 saturated carbocycles. The molecule has 90 valence electrons. The van der Waals surface area contributed by atoms with Crippen LogP contribution in [0.3, 0.4) is 0 Å². The quantitative estimate of drug-likeness (QED) is 0.772. The van der Waals surface area contributed by atoms with Crippen LogP contribution in [0.15, 0.2) is 43.2 Å². The first-order valence-corrected chi connectivity index (χ1v) is 6.06. The topological polar surface area (TPSA) is 29.3 Å². The van der Waals surface area contributed by atoms with E-state index in [0.717, 1.165) is 30.7 Å². The molecule has 0 fully saturated rings. The maximum absolute atomic E-state index is 4.55. The maximum atomic E-state index is 4.55. The van der Waals surface area contributed by atoms with Crippen molar-refractivity contribution in [1.82, 2.24) is 14.7 Å². The summed E-state index contributed by atoms with van der Waals surface area (Å²) >= 11 is 0. The first-order valence-electron chi connectivity index (χ1n) is 6.06. The molecule has 2 rings (SSSR count). The number of hydrogen-bond acceptors (Lipinski definition) is 2. The summed E-state index contributed by atoms with van der Waals surface area (Å²) in [6, 6.07) is 6.54. The first kappa shape index (κ1) is 11.9. The molecule has 0 amide bonds. The zero-order valence-corrected chi connectivity index (χ0v) is 10.3. The van der Waals surface area contributed by atoms with E-state index in [2.05, 4.69) is 30.0 Å². The van der Waals surface area contributed by atoms with Crippen LogP contribution in [-0.4, -0.2) is 15.4 Å². The van der Waals surface area contributed by atoms with Crippen molar-refractivity contribution in [3.63, 3.8) is 0 Å². The molecular formula is C14H19N3. The van der Waals surface area contributed by atoms with E-state index in [4.69, 9.17) is 0 Å². The molecule has 1 unspecified atom stereocenters. The highest BCUT2D eigenvalue weighted by molar-refractivity contribution is 5.39. The smallest absolute Gasteiger partial charge is 0.137 e.